The number of nitrogens with one attached hydrogen (secondary N) is 2. The Morgan fingerprint density at radius 1 is 0.791 bits per heavy atom. The van der Waals surface area contributed by atoms with Crippen molar-refractivity contribution in [1.29, 1.82) is 0 Å². The van der Waals surface area contributed by atoms with Crippen LogP contribution in [0.2, 0.25) is 0 Å². The number of aromatic nitrogens is 2. The molecule has 11 heteroatoms. The van der Waals surface area contributed by atoms with Gasteiger partial charge < -0.3 is 19.4 Å². The Morgan fingerprint density at radius 2 is 1.30 bits per heavy atom. The third-order valence-corrected chi connectivity index (χ3v) is 5.84. The Bertz CT molecular complexity index is 1760. The van der Waals surface area contributed by atoms with E-state index in [1.165, 1.54) is 10.9 Å². The average Bonchev–Trinajstić information content (AvgIpc) is 3.66. The number of rotatable bonds is 7. The van der Waals surface area contributed by atoms with E-state index in [4.69, 9.17) is 10.8 Å². The fourth-order valence-electron chi connectivity index (χ4n) is 3.91. The molecule has 6 aromatic rings. The second kappa shape index (κ2) is 17.4. The molecule has 0 atom stereocenters. The Balaban J connectivity index is 0.000000195. The number of benzene rings is 4. The number of hydrogen-bond donors (Lipinski definition) is 2. The third kappa shape index (κ3) is 11.8. The van der Waals surface area contributed by atoms with Crippen LogP contribution < -0.4 is 9.47 Å². The highest BCUT2D eigenvalue weighted by atomic mass is 36.0. The zero-order valence-electron chi connectivity index (χ0n) is 23.8. The average molecular weight is 663 g/mol. The van der Waals surface area contributed by atoms with Gasteiger partial charge in [-0.3, -0.25) is 13.8 Å². The van der Waals surface area contributed by atoms with Crippen LogP contribution in [0, 0.1) is 0 Å². The molecule has 0 aliphatic rings. The Kier molecular flexibility index (Phi) is 13.0. The fourth-order valence-corrected chi connectivity index (χ4v) is 3.91. The number of fused-ring (bicyclic) bond motifs is 2. The van der Waals surface area contributed by atoms with Gasteiger partial charge in [-0.05, 0) is 80.6 Å². The summed E-state index contributed by atoms with van der Waals surface area (Å²) in [6, 6.07) is 34.0. The molecule has 4 aromatic carbocycles. The molecule has 0 unspecified atom stereocenters. The van der Waals surface area contributed by atoms with E-state index in [0.717, 1.165) is 39.8 Å². The quantitative estimate of drug-likeness (QED) is 0.132. The molecule has 6 nitrogen and oxygen atoms in total. The van der Waals surface area contributed by atoms with E-state index in [-0.39, 0.29) is 0 Å². The molecular formula is C32H29Cl3FN2O4P. The van der Waals surface area contributed by atoms with Gasteiger partial charge in [0, 0.05) is 46.5 Å². The summed E-state index contributed by atoms with van der Waals surface area (Å²) in [6.45, 7) is 1.14. The lowest BCUT2D eigenvalue weighted by Gasteiger charge is -2.06. The number of H-pyrrole nitrogens is 2. The standard InChI is InChI=1S/C16H13NO2.C15H13NO.CH3F.Cl3OP/c18-10-13-9-17-16-8-14(6-7-15(13)16)19-11-12-4-2-1-3-5-12;1-2-4-12(5-3-1)11-17-14-7-6-13-8-9-16-15(13)10-14;1-2;1-5(2,3)4/h1-10,17H,11H2;1-10,16H,11H2;1H3;/i;;1D;. The number of carbonyl (C=O) groups is 1. The summed E-state index contributed by atoms with van der Waals surface area (Å²) in [5.41, 5.74) is 4.99. The molecule has 224 valence electrons. The van der Waals surface area contributed by atoms with Crippen molar-refractivity contribution in [1.82, 2.24) is 9.97 Å². The zero-order valence-corrected chi connectivity index (χ0v) is 25.9. The van der Waals surface area contributed by atoms with Crippen LogP contribution in [-0.4, -0.2) is 23.4 Å². The molecule has 0 amide bonds. The molecule has 0 aliphatic heterocycles. The summed E-state index contributed by atoms with van der Waals surface area (Å²) < 4.78 is 36.5. The van der Waals surface area contributed by atoms with Crippen LogP contribution in [0.15, 0.2) is 116 Å². The fraction of sp³-hybridized carbons (Fsp3) is 0.0938. The topological polar surface area (TPSA) is 84.2 Å². The summed E-state index contributed by atoms with van der Waals surface area (Å²) in [5, 5.41) is -1.10. The minimum atomic E-state index is -3.22. The summed E-state index contributed by atoms with van der Waals surface area (Å²) in [6.07, 6.45) is 4.49. The summed E-state index contributed by atoms with van der Waals surface area (Å²) in [7, 11) is -1.00. The van der Waals surface area contributed by atoms with Crippen molar-refractivity contribution in [2.75, 3.05) is 7.15 Å². The Labute approximate surface area is 264 Å². The zero-order chi connectivity index (χ0) is 31.8. The highest BCUT2D eigenvalue weighted by Gasteiger charge is 2.05. The first-order valence-corrected chi connectivity index (χ1v) is 17.1. The number of hydrogen-bond acceptors (Lipinski definition) is 4. The van der Waals surface area contributed by atoms with Crippen LogP contribution in [0.3, 0.4) is 0 Å². The molecule has 0 fully saturated rings. The third-order valence-electron chi connectivity index (χ3n) is 5.84. The van der Waals surface area contributed by atoms with Crippen LogP contribution in [0.25, 0.3) is 21.8 Å². The maximum atomic E-state index is 10.8. The molecule has 0 saturated heterocycles. The van der Waals surface area contributed by atoms with E-state index in [0.29, 0.717) is 18.8 Å². The molecule has 0 aliphatic carbocycles. The van der Waals surface area contributed by atoms with Gasteiger partial charge in [0.2, 0.25) is 0 Å². The Hall–Kier alpha value is -3.74. The lowest BCUT2D eigenvalue weighted by Crippen LogP contribution is -1.94. The number of ether oxygens (including phenoxy) is 2. The molecule has 6 rings (SSSR count). The maximum absolute atomic E-state index is 10.8. The van der Waals surface area contributed by atoms with Crippen LogP contribution in [0.5, 0.6) is 11.5 Å². The predicted octanol–water partition coefficient (Wildman–Crippen LogP) is 10.7. The van der Waals surface area contributed by atoms with Crippen molar-refractivity contribution in [3.8, 4) is 11.5 Å². The molecular weight excluding hydrogens is 633 g/mol. The predicted molar refractivity (Wildman–Crippen MR) is 176 cm³/mol. The van der Waals surface area contributed by atoms with Crippen molar-refractivity contribution < 1.29 is 24.6 Å². The highest BCUT2D eigenvalue weighted by Crippen LogP contribution is 2.61. The van der Waals surface area contributed by atoms with Gasteiger partial charge in [0.1, 0.15) is 24.7 Å². The van der Waals surface area contributed by atoms with Crippen LogP contribution in [0.1, 0.15) is 22.9 Å². The highest BCUT2D eigenvalue weighted by molar-refractivity contribution is 8.24. The van der Waals surface area contributed by atoms with Crippen molar-refractivity contribution >= 4 is 67.0 Å². The van der Waals surface area contributed by atoms with Gasteiger partial charge in [0.05, 0.1) is 8.52 Å². The maximum Gasteiger partial charge on any atom is 0.339 e. The van der Waals surface area contributed by atoms with E-state index in [9.17, 15) is 13.8 Å². The molecule has 2 aromatic heterocycles. The number of aldehydes is 1. The van der Waals surface area contributed by atoms with Crippen molar-refractivity contribution in [2.24, 2.45) is 0 Å². The van der Waals surface area contributed by atoms with Gasteiger partial charge in [0.15, 0.2) is 6.29 Å². The van der Waals surface area contributed by atoms with E-state index in [1.54, 1.807) is 6.20 Å². The summed E-state index contributed by atoms with van der Waals surface area (Å²) in [4.78, 5) is 17.1. The van der Waals surface area contributed by atoms with E-state index < -0.39 is 12.4 Å². The number of carbonyl (C=O) groups excluding carboxylic acids is 1. The van der Waals surface area contributed by atoms with Crippen molar-refractivity contribution in [3.63, 3.8) is 0 Å². The molecule has 2 N–H and O–H groups in total. The second-order valence-corrected chi connectivity index (χ2v) is 15.4. The van der Waals surface area contributed by atoms with Crippen LogP contribution >= 0.6 is 38.9 Å². The van der Waals surface area contributed by atoms with Crippen LogP contribution in [0.4, 0.5) is 4.39 Å². The van der Waals surface area contributed by atoms with Crippen molar-refractivity contribution in [3.05, 3.63) is 132 Å². The number of halogens is 4. The minimum Gasteiger partial charge on any atom is -0.489 e. The molecule has 0 spiro atoms. The first-order chi connectivity index (χ1) is 21.2. The lowest BCUT2D eigenvalue weighted by molar-refractivity contribution is 0.112. The van der Waals surface area contributed by atoms with E-state index >= 15 is 0 Å². The van der Waals surface area contributed by atoms with Crippen molar-refractivity contribution in [2.45, 2.75) is 13.2 Å². The van der Waals surface area contributed by atoms with Gasteiger partial charge >= 0.3 is 5.20 Å². The van der Waals surface area contributed by atoms with Gasteiger partial charge in [-0.25, -0.2) is 0 Å². The molecule has 0 saturated carbocycles. The first-order valence-electron chi connectivity index (χ1n) is 13.4. The molecule has 43 heavy (non-hydrogen) atoms. The smallest absolute Gasteiger partial charge is 0.339 e. The van der Waals surface area contributed by atoms with E-state index in [1.807, 2.05) is 85.1 Å². The molecule has 0 radical (unpaired) electrons. The Morgan fingerprint density at radius 3 is 1.84 bits per heavy atom. The SMILES string of the molecule is O=Cc1c[nH]c2cc(OCc3ccccc3)ccc12.O=P(Cl)(Cl)Cl.[2H]CF.c1ccc(COc2ccc3cc[nH]c3c2)cc1. The summed E-state index contributed by atoms with van der Waals surface area (Å²) >= 11 is 13.8. The largest absolute Gasteiger partial charge is 0.489 e. The van der Waals surface area contributed by atoms with Gasteiger partial charge in [-0.15, -0.1) is 0 Å². The minimum absolute atomic E-state index is 0.535. The molecule has 0 bridgehead atoms. The number of alkyl halides is 1. The van der Waals surface area contributed by atoms with E-state index in [2.05, 4.69) is 68.0 Å². The van der Waals surface area contributed by atoms with Gasteiger partial charge in [0.25, 0.3) is 0 Å². The van der Waals surface area contributed by atoms with Gasteiger partial charge in [-0.1, -0.05) is 60.7 Å². The molecule has 2 heterocycles. The monoisotopic (exact) mass is 661 g/mol. The first kappa shape index (κ1) is 32.2. The second-order valence-electron chi connectivity index (χ2n) is 8.74. The van der Waals surface area contributed by atoms with Crippen LogP contribution in [-0.2, 0) is 17.8 Å². The lowest BCUT2D eigenvalue weighted by atomic mass is 10.2. The van der Waals surface area contributed by atoms with Gasteiger partial charge in [-0.2, -0.15) is 0 Å². The number of aromatic amines is 2. The normalized spacial score (nSPS) is 10.7. The summed E-state index contributed by atoms with van der Waals surface area (Å²) in [5.74, 6) is 1.68.